The third-order valence-electron chi connectivity index (χ3n) is 3.46. The molecule has 1 saturated heterocycles. The second-order valence-corrected chi connectivity index (χ2v) is 5.31. The molecule has 17 heavy (non-hydrogen) atoms. The molecule has 0 radical (unpaired) electrons. The van der Waals surface area contributed by atoms with Gasteiger partial charge in [-0.05, 0) is 43.0 Å². The zero-order chi connectivity index (χ0) is 12.1. The zero-order valence-electron chi connectivity index (χ0n) is 10.5. The molecule has 0 spiro atoms. The fourth-order valence-electron chi connectivity index (χ4n) is 2.26. The molecule has 1 N–H and O–H groups in total. The lowest BCUT2D eigenvalue weighted by atomic mass is 9.99. The highest BCUT2D eigenvalue weighted by Gasteiger charge is 2.15. The third-order valence-corrected chi connectivity index (χ3v) is 3.68. The Morgan fingerprint density at radius 1 is 1.24 bits per heavy atom. The summed E-state index contributed by atoms with van der Waals surface area (Å²) in [5.74, 6) is 1.76. The normalized spacial score (nSPS) is 17.2. The third kappa shape index (κ3) is 3.56. The van der Waals surface area contributed by atoms with Crippen molar-refractivity contribution in [1.82, 2.24) is 0 Å². The van der Waals surface area contributed by atoms with Crippen LogP contribution in [0.4, 0.5) is 11.4 Å². The smallest absolute Gasteiger partial charge is 0.0367 e. The maximum atomic E-state index is 4.19. The summed E-state index contributed by atoms with van der Waals surface area (Å²) in [5.41, 5.74) is 2.54. The minimum Gasteiger partial charge on any atom is -0.384 e. The van der Waals surface area contributed by atoms with E-state index >= 15 is 0 Å². The van der Waals surface area contributed by atoms with Gasteiger partial charge in [0.05, 0.1) is 0 Å². The van der Waals surface area contributed by atoms with Crippen molar-refractivity contribution in [1.29, 1.82) is 0 Å². The molecule has 0 atom stereocenters. The maximum Gasteiger partial charge on any atom is 0.0367 e. The highest BCUT2D eigenvalue weighted by molar-refractivity contribution is 7.80. The summed E-state index contributed by atoms with van der Waals surface area (Å²) in [7, 11) is 0. The molecule has 1 aromatic rings. The van der Waals surface area contributed by atoms with Gasteiger partial charge in [-0.1, -0.05) is 6.92 Å². The van der Waals surface area contributed by atoms with Crippen LogP contribution in [0.15, 0.2) is 24.3 Å². The summed E-state index contributed by atoms with van der Waals surface area (Å²) >= 11 is 4.19. The van der Waals surface area contributed by atoms with Crippen molar-refractivity contribution in [2.45, 2.75) is 19.8 Å². The van der Waals surface area contributed by atoms with E-state index in [1.165, 1.54) is 37.3 Å². The van der Waals surface area contributed by atoms with Gasteiger partial charge in [0, 0.05) is 36.8 Å². The number of nitrogens with one attached hydrogen (secondary N) is 1. The molecule has 3 heteroatoms. The van der Waals surface area contributed by atoms with E-state index in [-0.39, 0.29) is 0 Å². The lowest BCUT2D eigenvalue weighted by Gasteiger charge is -2.32. The average Bonchev–Trinajstić information content (AvgIpc) is 2.38. The molecule has 94 valence electrons. The van der Waals surface area contributed by atoms with Crippen molar-refractivity contribution < 1.29 is 0 Å². The second kappa shape index (κ2) is 6.20. The largest absolute Gasteiger partial charge is 0.384 e. The molecule has 0 unspecified atom stereocenters. The topological polar surface area (TPSA) is 15.3 Å². The molecule has 2 nitrogen and oxygen atoms in total. The van der Waals surface area contributed by atoms with Gasteiger partial charge in [0.15, 0.2) is 0 Å². The van der Waals surface area contributed by atoms with Crippen LogP contribution in [0.2, 0.25) is 0 Å². The summed E-state index contributed by atoms with van der Waals surface area (Å²) < 4.78 is 0. The predicted octanol–water partition coefficient (Wildman–Crippen LogP) is 3.26. The van der Waals surface area contributed by atoms with Crippen LogP contribution >= 0.6 is 12.6 Å². The lowest BCUT2D eigenvalue weighted by Crippen LogP contribution is -2.32. The number of thiol groups is 1. The van der Waals surface area contributed by atoms with Crippen LogP contribution in [0.5, 0.6) is 0 Å². The Morgan fingerprint density at radius 2 is 1.88 bits per heavy atom. The predicted molar refractivity (Wildman–Crippen MR) is 79.4 cm³/mol. The summed E-state index contributed by atoms with van der Waals surface area (Å²) in [6.07, 6.45) is 2.64. The Labute approximate surface area is 110 Å². The first-order chi connectivity index (χ1) is 8.29. The van der Waals surface area contributed by atoms with E-state index in [4.69, 9.17) is 0 Å². The highest BCUT2D eigenvalue weighted by Crippen LogP contribution is 2.24. The van der Waals surface area contributed by atoms with E-state index < -0.39 is 0 Å². The molecule has 0 aliphatic carbocycles. The highest BCUT2D eigenvalue weighted by atomic mass is 32.1. The summed E-state index contributed by atoms with van der Waals surface area (Å²) in [6.45, 7) is 5.67. The molecule has 1 heterocycles. The van der Waals surface area contributed by atoms with Crippen molar-refractivity contribution in [2.24, 2.45) is 5.92 Å². The van der Waals surface area contributed by atoms with E-state index in [1.54, 1.807) is 0 Å². The molecule has 0 amide bonds. The first-order valence-corrected chi connectivity index (χ1v) is 7.12. The molecular formula is C14H22N2S. The van der Waals surface area contributed by atoms with Gasteiger partial charge in [0.2, 0.25) is 0 Å². The van der Waals surface area contributed by atoms with Crippen LogP contribution in [0.25, 0.3) is 0 Å². The molecular weight excluding hydrogens is 228 g/mol. The van der Waals surface area contributed by atoms with Crippen LogP contribution < -0.4 is 10.2 Å². The molecule has 0 aromatic heterocycles. The van der Waals surface area contributed by atoms with E-state index in [0.29, 0.717) is 0 Å². The number of piperidine rings is 1. The molecule has 0 bridgehead atoms. The lowest BCUT2D eigenvalue weighted by molar-refractivity contribution is 0.438. The number of rotatable bonds is 4. The fourth-order valence-corrected chi connectivity index (χ4v) is 2.37. The molecule has 1 aliphatic heterocycles. The standard InChI is InChI=1S/C14H22N2S/c1-12-6-9-16(10-7-12)14-4-2-13(3-5-14)15-8-11-17/h2-5,12,15,17H,6-11H2,1H3. The van der Waals surface area contributed by atoms with Gasteiger partial charge in [0.25, 0.3) is 0 Å². The van der Waals surface area contributed by atoms with Gasteiger partial charge in [-0.3, -0.25) is 0 Å². The fraction of sp³-hybridized carbons (Fsp3) is 0.571. The Morgan fingerprint density at radius 3 is 2.47 bits per heavy atom. The molecule has 1 aliphatic rings. The summed E-state index contributed by atoms with van der Waals surface area (Å²) in [5, 5.41) is 3.34. The second-order valence-electron chi connectivity index (χ2n) is 4.87. The first-order valence-electron chi connectivity index (χ1n) is 6.49. The van der Waals surface area contributed by atoms with Crippen LogP contribution in [-0.2, 0) is 0 Å². The minimum absolute atomic E-state index is 0.867. The van der Waals surface area contributed by atoms with Gasteiger partial charge in [-0.2, -0.15) is 12.6 Å². The van der Waals surface area contributed by atoms with Crippen molar-refractivity contribution >= 4 is 24.0 Å². The minimum atomic E-state index is 0.867. The average molecular weight is 250 g/mol. The van der Waals surface area contributed by atoms with E-state index in [1.807, 2.05) is 0 Å². The molecule has 1 aromatic carbocycles. The van der Waals surface area contributed by atoms with Crippen LogP contribution in [0, 0.1) is 5.92 Å². The van der Waals surface area contributed by atoms with E-state index in [2.05, 4.69) is 54.0 Å². The Bertz CT molecular complexity index is 329. The summed E-state index contributed by atoms with van der Waals surface area (Å²) in [4.78, 5) is 2.49. The molecule has 0 saturated carbocycles. The maximum absolute atomic E-state index is 4.19. The number of hydrogen-bond acceptors (Lipinski definition) is 3. The van der Waals surface area contributed by atoms with Gasteiger partial charge < -0.3 is 10.2 Å². The van der Waals surface area contributed by atoms with Crippen molar-refractivity contribution in [3.8, 4) is 0 Å². The van der Waals surface area contributed by atoms with Crippen molar-refractivity contribution in [2.75, 3.05) is 35.6 Å². The van der Waals surface area contributed by atoms with Crippen LogP contribution in [0.3, 0.4) is 0 Å². The zero-order valence-corrected chi connectivity index (χ0v) is 11.4. The Kier molecular flexibility index (Phi) is 4.60. The van der Waals surface area contributed by atoms with E-state index in [9.17, 15) is 0 Å². The van der Waals surface area contributed by atoms with Crippen molar-refractivity contribution in [3.05, 3.63) is 24.3 Å². The number of nitrogens with zero attached hydrogens (tertiary/aromatic N) is 1. The van der Waals surface area contributed by atoms with Crippen LogP contribution in [-0.4, -0.2) is 25.4 Å². The quantitative estimate of drug-likeness (QED) is 0.797. The molecule has 1 fully saturated rings. The number of hydrogen-bond donors (Lipinski definition) is 2. The Hall–Kier alpha value is -0.830. The number of benzene rings is 1. The van der Waals surface area contributed by atoms with Gasteiger partial charge in [-0.15, -0.1) is 0 Å². The SMILES string of the molecule is CC1CCN(c2ccc(NCCS)cc2)CC1. The van der Waals surface area contributed by atoms with Gasteiger partial charge in [-0.25, -0.2) is 0 Å². The first kappa shape index (κ1) is 12.6. The van der Waals surface area contributed by atoms with Crippen molar-refractivity contribution in [3.63, 3.8) is 0 Å². The van der Waals surface area contributed by atoms with Crippen LogP contribution in [0.1, 0.15) is 19.8 Å². The van der Waals surface area contributed by atoms with E-state index in [0.717, 1.165) is 18.2 Å². The summed E-state index contributed by atoms with van der Waals surface area (Å²) in [6, 6.07) is 8.77. The monoisotopic (exact) mass is 250 g/mol. The Balaban J connectivity index is 1.93. The van der Waals surface area contributed by atoms with Gasteiger partial charge in [0.1, 0.15) is 0 Å². The molecule has 2 rings (SSSR count). The number of anilines is 2. The van der Waals surface area contributed by atoms with Gasteiger partial charge >= 0.3 is 0 Å².